The van der Waals surface area contributed by atoms with Gasteiger partial charge < -0.3 is 5.11 Å². The maximum atomic E-state index is 12.7. The number of carboxylic acid groups (broad SMARTS) is 1. The lowest BCUT2D eigenvalue weighted by atomic mass is 10.1. The average molecular weight is 386 g/mol. The van der Waals surface area contributed by atoms with Gasteiger partial charge in [-0.25, -0.2) is 8.42 Å². The minimum atomic E-state index is -3.28. The van der Waals surface area contributed by atoms with E-state index in [4.69, 9.17) is 5.11 Å². The first-order chi connectivity index (χ1) is 12.0. The maximum Gasteiger partial charge on any atom is 0.303 e. The van der Waals surface area contributed by atoms with Gasteiger partial charge >= 0.3 is 5.97 Å². The molecule has 2 rings (SSSR count). The number of aliphatic carboxylic acids is 1. The molecular formula is C18H27NO4S2. The van der Waals surface area contributed by atoms with E-state index in [9.17, 15) is 13.2 Å². The van der Waals surface area contributed by atoms with Crippen LogP contribution in [0.25, 0.3) is 0 Å². The van der Waals surface area contributed by atoms with Gasteiger partial charge in [-0.3, -0.25) is 4.79 Å². The predicted molar refractivity (Wildman–Crippen MR) is 102 cm³/mol. The van der Waals surface area contributed by atoms with Gasteiger partial charge in [0, 0.05) is 18.2 Å². The summed E-state index contributed by atoms with van der Waals surface area (Å²) in [5.74, 6) is 0.758. The number of carboxylic acids is 1. The molecule has 1 aromatic carbocycles. The predicted octanol–water partition coefficient (Wildman–Crippen LogP) is 3.71. The Kier molecular flexibility index (Phi) is 8.26. The molecule has 0 aliphatic carbocycles. The smallest absolute Gasteiger partial charge is 0.303 e. The molecule has 25 heavy (non-hydrogen) atoms. The minimum absolute atomic E-state index is 0.0695. The number of hydrogen-bond donors (Lipinski definition) is 1. The van der Waals surface area contributed by atoms with Gasteiger partial charge in [-0.05, 0) is 18.4 Å². The molecule has 1 aromatic rings. The van der Waals surface area contributed by atoms with Gasteiger partial charge in [0.25, 0.3) is 0 Å². The maximum absolute atomic E-state index is 12.7. The Hall–Kier alpha value is -1.05. The lowest BCUT2D eigenvalue weighted by Gasteiger charge is -2.23. The van der Waals surface area contributed by atoms with E-state index in [2.05, 4.69) is 0 Å². The van der Waals surface area contributed by atoms with Crippen LogP contribution in [0.4, 0.5) is 0 Å². The molecule has 7 heteroatoms. The summed E-state index contributed by atoms with van der Waals surface area (Å²) in [6.07, 6.45) is 5.84. The molecular weight excluding hydrogens is 358 g/mol. The summed E-state index contributed by atoms with van der Waals surface area (Å²) in [7, 11) is -3.28. The molecule has 1 N–H and O–H groups in total. The Balaban J connectivity index is 1.74. The van der Waals surface area contributed by atoms with Gasteiger partial charge in [-0.2, -0.15) is 4.31 Å². The van der Waals surface area contributed by atoms with Crippen molar-refractivity contribution in [2.75, 3.05) is 11.6 Å². The second kappa shape index (κ2) is 10.2. The fraction of sp³-hybridized carbons (Fsp3) is 0.611. The van der Waals surface area contributed by atoms with Crippen molar-refractivity contribution in [1.29, 1.82) is 0 Å². The van der Waals surface area contributed by atoms with Gasteiger partial charge in [0.15, 0.2) is 0 Å². The molecule has 5 nitrogen and oxygen atoms in total. The van der Waals surface area contributed by atoms with Crippen LogP contribution in [-0.4, -0.2) is 41.5 Å². The number of nitrogens with zero attached hydrogens (tertiary/aromatic N) is 1. The molecule has 0 saturated carbocycles. The largest absolute Gasteiger partial charge is 0.481 e. The lowest BCUT2D eigenvalue weighted by molar-refractivity contribution is -0.137. The highest BCUT2D eigenvalue weighted by Gasteiger charge is 2.34. The molecule has 1 aliphatic heterocycles. The number of carbonyl (C=O) groups is 1. The first-order valence-corrected chi connectivity index (χ1v) is 11.6. The van der Waals surface area contributed by atoms with E-state index in [-0.39, 0.29) is 18.2 Å². The van der Waals surface area contributed by atoms with Gasteiger partial charge in [0.1, 0.15) is 0 Å². The normalized spacial score (nSPS) is 18.5. The van der Waals surface area contributed by atoms with Crippen molar-refractivity contribution in [2.45, 2.75) is 56.7 Å². The summed E-state index contributed by atoms with van der Waals surface area (Å²) < 4.78 is 27.1. The first-order valence-electron chi connectivity index (χ1n) is 8.82. The summed E-state index contributed by atoms with van der Waals surface area (Å²) in [4.78, 5) is 10.5. The molecule has 0 amide bonds. The quantitative estimate of drug-likeness (QED) is 0.588. The van der Waals surface area contributed by atoms with Crippen LogP contribution in [-0.2, 0) is 20.6 Å². The fourth-order valence-electron chi connectivity index (χ4n) is 3.06. The molecule has 1 unspecified atom stereocenters. The molecule has 0 bridgehead atoms. The zero-order chi connectivity index (χ0) is 18.1. The van der Waals surface area contributed by atoms with Crippen LogP contribution in [0.3, 0.4) is 0 Å². The van der Waals surface area contributed by atoms with Crippen LogP contribution in [0, 0.1) is 0 Å². The third kappa shape index (κ3) is 6.99. The Labute approximate surface area is 154 Å². The number of sulfonamides is 1. The molecule has 1 heterocycles. The number of hydrogen-bond acceptors (Lipinski definition) is 4. The molecule has 1 saturated heterocycles. The van der Waals surface area contributed by atoms with E-state index >= 15 is 0 Å². The van der Waals surface area contributed by atoms with Crippen LogP contribution < -0.4 is 0 Å². The number of benzene rings is 1. The topological polar surface area (TPSA) is 74.7 Å². The third-order valence-corrected chi connectivity index (χ3v) is 7.50. The Morgan fingerprint density at radius 1 is 1.12 bits per heavy atom. The van der Waals surface area contributed by atoms with Gasteiger partial charge in [-0.1, -0.05) is 56.0 Å². The summed E-state index contributed by atoms with van der Waals surface area (Å²) in [5, 5.41) is 8.61. The number of thioether (sulfide) groups is 1. The summed E-state index contributed by atoms with van der Waals surface area (Å²) >= 11 is 1.68. The molecule has 1 fully saturated rings. The van der Waals surface area contributed by atoms with Crippen LogP contribution >= 0.6 is 11.8 Å². The standard InChI is InChI=1S/C18H27NO4S2/c20-18(21)12-8-3-1-2-7-11-17-13-24-15-19(17)25(22,23)14-16-9-5-4-6-10-16/h4-6,9-10,17H,1-3,7-8,11-15H2,(H,20,21). The van der Waals surface area contributed by atoms with E-state index in [1.54, 1.807) is 16.1 Å². The Morgan fingerprint density at radius 2 is 1.80 bits per heavy atom. The van der Waals surface area contributed by atoms with E-state index in [1.165, 1.54) is 0 Å². The lowest BCUT2D eigenvalue weighted by Crippen LogP contribution is -2.37. The average Bonchev–Trinajstić information content (AvgIpc) is 3.04. The van der Waals surface area contributed by atoms with Crippen LogP contribution in [0.1, 0.15) is 50.5 Å². The van der Waals surface area contributed by atoms with Crippen molar-refractivity contribution in [3.63, 3.8) is 0 Å². The van der Waals surface area contributed by atoms with E-state index in [0.717, 1.165) is 49.8 Å². The second-order valence-electron chi connectivity index (χ2n) is 6.48. The summed E-state index contributed by atoms with van der Waals surface area (Å²) in [6, 6.07) is 9.43. The van der Waals surface area contributed by atoms with Crippen molar-refractivity contribution < 1.29 is 18.3 Å². The monoisotopic (exact) mass is 385 g/mol. The van der Waals surface area contributed by atoms with E-state index < -0.39 is 16.0 Å². The van der Waals surface area contributed by atoms with Gasteiger partial charge in [0.05, 0.1) is 11.6 Å². The van der Waals surface area contributed by atoms with E-state index in [0.29, 0.717) is 5.88 Å². The molecule has 0 aromatic heterocycles. The van der Waals surface area contributed by atoms with Crippen molar-refractivity contribution in [1.82, 2.24) is 4.31 Å². The molecule has 1 aliphatic rings. The second-order valence-corrected chi connectivity index (χ2v) is 9.40. The van der Waals surface area contributed by atoms with Crippen molar-refractivity contribution in [3.8, 4) is 0 Å². The summed E-state index contributed by atoms with van der Waals surface area (Å²) in [6.45, 7) is 0. The minimum Gasteiger partial charge on any atom is -0.481 e. The highest BCUT2D eigenvalue weighted by molar-refractivity contribution is 8.00. The van der Waals surface area contributed by atoms with Crippen molar-refractivity contribution in [2.24, 2.45) is 0 Å². The fourth-order valence-corrected chi connectivity index (χ4v) is 6.55. The van der Waals surface area contributed by atoms with Crippen LogP contribution in [0.2, 0.25) is 0 Å². The van der Waals surface area contributed by atoms with Gasteiger partial charge in [-0.15, -0.1) is 11.8 Å². The Bertz CT molecular complexity index is 634. The summed E-state index contributed by atoms with van der Waals surface area (Å²) in [5.41, 5.74) is 0.830. The van der Waals surface area contributed by atoms with Crippen molar-refractivity contribution >= 4 is 27.8 Å². The first kappa shape index (κ1) is 20.3. The molecule has 140 valence electrons. The van der Waals surface area contributed by atoms with Gasteiger partial charge in [0.2, 0.25) is 10.0 Å². The highest BCUT2D eigenvalue weighted by atomic mass is 32.2. The zero-order valence-corrected chi connectivity index (χ0v) is 16.1. The van der Waals surface area contributed by atoms with Crippen molar-refractivity contribution in [3.05, 3.63) is 35.9 Å². The van der Waals surface area contributed by atoms with Crippen LogP contribution in [0.5, 0.6) is 0 Å². The SMILES string of the molecule is O=C(O)CCCCCCCC1CSCN1S(=O)(=O)Cc1ccccc1. The number of unbranched alkanes of at least 4 members (excludes halogenated alkanes) is 4. The Morgan fingerprint density at radius 3 is 2.52 bits per heavy atom. The third-order valence-electron chi connectivity index (χ3n) is 4.41. The van der Waals surface area contributed by atoms with Crippen LogP contribution in [0.15, 0.2) is 30.3 Å². The molecule has 0 spiro atoms. The number of rotatable bonds is 11. The van der Waals surface area contributed by atoms with E-state index in [1.807, 2.05) is 30.3 Å². The highest BCUT2D eigenvalue weighted by Crippen LogP contribution is 2.29. The zero-order valence-electron chi connectivity index (χ0n) is 14.5. The molecule has 1 atom stereocenters. The molecule has 0 radical (unpaired) electrons.